The molecular weight excluding hydrogens is 386 g/mol. The summed E-state index contributed by atoms with van der Waals surface area (Å²) in [5.41, 5.74) is 1.88. The minimum atomic E-state index is -1.56. The molecule has 1 aliphatic heterocycles. The third kappa shape index (κ3) is 4.48. The van der Waals surface area contributed by atoms with Crippen LogP contribution in [0.15, 0.2) is 54.6 Å². The number of fused-ring (bicyclic) bond motifs is 1. The number of amides is 1. The number of carbonyl (C=O) groups is 1. The highest BCUT2D eigenvalue weighted by Crippen LogP contribution is 2.28. The Bertz CT molecular complexity index is 923. The van der Waals surface area contributed by atoms with Crippen LogP contribution >= 0.6 is 11.3 Å². The van der Waals surface area contributed by atoms with E-state index >= 15 is 0 Å². The van der Waals surface area contributed by atoms with Gasteiger partial charge in [0.15, 0.2) is 6.10 Å². The van der Waals surface area contributed by atoms with Crippen LogP contribution in [0.3, 0.4) is 0 Å². The maximum Gasteiger partial charge on any atom is 0.252 e. The molecule has 3 aromatic rings. The van der Waals surface area contributed by atoms with Crippen molar-refractivity contribution in [1.82, 2.24) is 15.2 Å². The Hall–Kier alpha value is -2.32. The molecule has 6 nitrogen and oxygen atoms in total. The van der Waals surface area contributed by atoms with Gasteiger partial charge in [0.05, 0.1) is 16.3 Å². The van der Waals surface area contributed by atoms with E-state index in [4.69, 9.17) is 0 Å². The summed E-state index contributed by atoms with van der Waals surface area (Å²) >= 11 is 1.28. The highest BCUT2D eigenvalue weighted by atomic mass is 32.1. The summed E-state index contributed by atoms with van der Waals surface area (Å²) in [6.45, 7) is 2.37. The maximum absolute atomic E-state index is 12.6. The van der Waals surface area contributed by atoms with Crippen LogP contribution in [0.1, 0.15) is 35.6 Å². The molecule has 1 fully saturated rings. The molecule has 2 heterocycles. The van der Waals surface area contributed by atoms with Crippen molar-refractivity contribution in [2.24, 2.45) is 0 Å². The smallest absolute Gasteiger partial charge is 0.252 e. The van der Waals surface area contributed by atoms with E-state index in [0.717, 1.165) is 41.7 Å². The van der Waals surface area contributed by atoms with E-state index in [1.165, 1.54) is 11.3 Å². The van der Waals surface area contributed by atoms with E-state index in [1.54, 1.807) is 0 Å². The summed E-state index contributed by atoms with van der Waals surface area (Å²) in [5, 5.41) is 24.1. The van der Waals surface area contributed by atoms with Crippen LogP contribution in [0.2, 0.25) is 0 Å². The summed E-state index contributed by atoms with van der Waals surface area (Å²) in [6.07, 6.45) is -0.619. The molecule has 1 saturated heterocycles. The summed E-state index contributed by atoms with van der Waals surface area (Å²) in [6, 6.07) is 17.6. The van der Waals surface area contributed by atoms with Crippen molar-refractivity contribution < 1.29 is 15.0 Å². The van der Waals surface area contributed by atoms with Crippen LogP contribution in [0.25, 0.3) is 10.2 Å². The first-order valence-corrected chi connectivity index (χ1v) is 10.7. The summed E-state index contributed by atoms with van der Waals surface area (Å²) in [7, 11) is 0. The molecule has 3 unspecified atom stereocenters. The van der Waals surface area contributed by atoms with Crippen LogP contribution in [0, 0.1) is 0 Å². The number of aliphatic hydroxyl groups excluding tert-OH is 2. The monoisotopic (exact) mass is 411 g/mol. The Kier molecular flexibility index (Phi) is 6.20. The number of rotatable bonds is 7. The van der Waals surface area contributed by atoms with E-state index < -0.39 is 18.1 Å². The second-order valence-corrected chi connectivity index (χ2v) is 8.39. The van der Waals surface area contributed by atoms with Gasteiger partial charge >= 0.3 is 0 Å². The lowest BCUT2D eigenvalue weighted by Crippen LogP contribution is -2.43. The number of hydrogen-bond acceptors (Lipinski definition) is 6. The molecular formula is C22H25N3O3S. The number of nitrogens with zero attached hydrogens (tertiary/aromatic N) is 2. The molecule has 0 bridgehead atoms. The lowest BCUT2D eigenvalue weighted by atomic mass is 10.1. The zero-order chi connectivity index (χ0) is 20.2. The fourth-order valence-corrected chi connectivity index (χ4v) is 4.77. The molecule has 1 amide bonds. The molecule has 4 rings (SSSR count). The zero-order valence-corrected chi connectivity index (χ0v) is 16.9. The Morgan fingerprint density at radius 3 is 2.48 bits per heavy atom. The summed E-state index contributed by atoms with van der Waals surface area (Å²) in [5.74, 6) is -0.586. The Morgan fingerprint density at radius 1 is 1.07 bits per heavy atom. The van der Waals surface area contributed by atoms with E-state index in [1.807, 2.05) is 42.5 Å². The lowest BCUT2D eigenvalue weighted by molar-refractivity contribution is -0.135. The summed E-state index contributed by atoms with van der Waals surface area (Å²) in [4.78, 5) is 19.3. The molecule has 7 heteroatoms. The number of likely N-dealkylation sites (tertiary alicyclic amines) is 1. The largest absolute Gasteiger partial charge is 0.383 e. The molecule has 1 aliphatic rings. The van der Waals surface area contributed by atoms with Gasteiger partial charge in [-0.3, -0.25) is 9.69 Å². The SMILES string of the molecule is O=C(NCC(c1ccccc1)N1CCCC1)C(O)C(O)c1nc2ccccc2s1. The van der Waals surface area contributed by atoms with Gasteiger partial charge in [0.1, 0.15) is 11.1 Å². The van der Waals surface area contributed by atoms with Gasteiger partial charge in [-0.2, -0.15) is 0 Å². The van der Waals surface area contributed by atoms with Crippen LogP contribution in [0.5, 0.6) is 0 Å². The zero-order valence-electron chi connectivity index (χ0n) is 16.1. The number of para-hydroxylation sites is 1. The standard InChI is InChI=1S/C22H25N3O3S/c26-19(20(27)22-24-16-10-4-5-11-18(16)29-22)21(28)23-14-17(25-12-6-7-13-25)15-8-2-1-3-9-15/h1-5,8-11,17,19-20,26-27H,6-7,12-14H2,(H,23,28). The van der Waals surface area contributed by atoms with Gasteiger partial charge in [-0.15, -0.1) is 11.3 Å². The van der Waals surface area contributed by atoms with Gasteiger partial charge in [0.25, 0.3) is 5.91 Å². The van der Waals surface area contributed by atoms with Gasteiger partial charge < -0.3 is 15.5 Å². The Labute approximate surface area is 173 Å². The van der Waals surface area contributed by atoms with Gasteiger partial charge in [0, 0.05) is 6.54 Å². The molecule has 0 radical (unpaired) electrons. The van der Waals surface area contributed by atoms with E-state index in [9.17, 15) is 15.0 Å². The molecule has 1 aromatic heterocycles. The van der Waals surface area contributed by atoms with Crippen molar-refractivity contribution in [3.05, 3.63) is 65.2 Å². The lowest BCUT2D eigenvalue weighted by Gasteiger charge is -2.28. The number of carbonyl (C=O) groups excluding carboxylic acids is 1. The van der Waals surface area contributed by atoms with Crippen molar-refractivity contribution in [2.45, 2.75) is 31.1 Å². The highest BCUT2D eigenvalue weighted by molar-refractivity contribution is 7.18. The van der Waals surface area contributed by atoms with Crippen molar-refractivity contribution in [2.75, 3.05) is 19.6 Å². The first-order chi connectivity index (χ1) is 14.1. The minimum absolute atomic E-state index is 0.0504. The molecule has 0 spiro atoms. The molecule has 152 valence electrons. The van der Waals surface area contributed by atoms with Crippen molar-refractivity contribution in [1.29, 1.82) is 0 Å². The normalized spacial score (nSPS) is 17.9. The topological polar surface area (TPSA) is 85.7 Å². The number of aliphatic hydroxyl groups is 2. The first-order valence-electron chi connectivity index (χ1n) is 9.92. The van der Waals surface area contributed by atoms with Crippen LogP contribution in [0.4, 0.5) is 0 Å². The fourth-order valence-electron chi connectivity index (χ4n) is 3.78. The number of aromatic nitrogens is 1. The Balaban J connectivity index is 1.42. The number of nitrogens with one attached hydrogen (secondary N) is 1. The molecule has 0 saturated carbocycles. The predicted octanol–water partition coefficient (Wildman–Crippen LogP) is 2.64. The third-order valence-electron chi connectivity index (χ3n) is 5.37. The minimum Gasteiger partial charge on any atom is -0.383 e. The van der Waals surface area contributed by atoms with Crippen LogP contribution in [-0.2, 0) is 4.79 Å². The Morgan fingerprint density at radius 2 is 1.76 bits per heavy atom. The second kappa shape index (κ2) is 9.00. The van der Waals surface area contributed by atoms with Crippen molar-refractivity contribution in [3.63, 3.8) is 0 Å². The third-order valence-corrected chi connectivity index (χ3v) is 6.47. The molecule has 3 N–H and O–H groups in total. The van der Waals surface area contributed by atoms with Crippen LogP contribution in [-0.4, -0.2) is 51.7 Å². The quantitative estimate of drug-likeness (QED) is 0.557. The van der Waals surface area contributed by atoms with Gasteiger partial charge in [-0.05, 0) is 43.6 Å². The molecule has 0 aliphatic carbocycles. The van der Waals surface area contributed by atoms with Gasteiger partial charge in [-0.25, -0.2) is 4.98 Å². The summed E-state index contributed by atoms with van der Waals surface area (Å²) < 4.78 is 0.910. The van der Waals surface area contributed by atoms with E-state index in [-0.39, 0.29) is 6.04 Å². The number of benzene rings is 2. The first kappa shape index (κ1) is 20.0. The molecule has 2 aromatic carbocycles. The number of hydrogen-bond donors (Lipinski definition) is 3. The fraction of sp³-hybridized carbons (Fsp3) is 0.364. The predicted molar refractivity (Wildman–Crippen MR) is 114 cm³/mol. The highest BCUT2D eigenvalue weighted by Gasteiger charge is 2.30. The van der Waals surface area contributed by atoms with Crippen molar-refractivity contribution in [3.8, 4) is 0 Å². The maximum atomic E-state index is 12.6. The molecule has 3 atom stereocenters. The second-order valence-electron chi connectivity index (χ2n) is 7.32. The van der Waals surface area contributed by atoms with E-state index in [2.05, 4.69) is 27.3 Å². The van der Waals surface area contributed by atoms with Crippen molar-refractivity contribution >= 4 is 27.5 Å². The number of thiazole rings is 1. The van der Waals surface area contributed by atoms with Gasteiger partial charge in [0.2, 0.25) is 0 Å². The average Bonchev–Trinajstić information content (AvgIpc) is 3.43. The molecule has 29 heavy (non-hydrogen) atoms. The van der Waals surface area contributed by atoms with Gasteiger partial charge in [-0.1, -0.05) is 42.5 Å². The van der Waals surface area contributed by atoms with Crippen LogP contribution < -0.4 is 5.32 Å². The average molecular weight is 412 g/mol. The van der Waals surface area contributed by atoms with E-state index in [0.29, 0.717) is 11.6 Å².